The van der Waals surface area contributed by atoms with E-state index in [2.05, 4.69) is 58.8 Å². The molecule has 0 unspecified atom stereocenters. The average Bonchev–Trinajstić information content (AvgIpc) is 3.48. The number of nitrogens with one attached hydrogen (secondary N) is 2. The average molecular weight is 674 g/mol. The van der Waals surface area contributed by atoms with Crippen molar-refractivity contribution in [3.8, 4) is 5.82 Å². The number of nitrogens with zero attached hydrogens (tertiary/aromatic N) is 7. The summed E-state index contributed by atoms with van der Waals surface area (Å²) in [6.45, 7) is 4.85. The number of rotatable bonds is 7. The number of carbonyl (C=O) groups is 2. The Morgan fingerprint density at radius 2 is 1.92 bits per heavy atom. The number of hydrogen-bond donors (Lipinski definition) is 2. The molecule has 11 nitrogen and oxygen atoms in total. The minimum atomic E-state index is -4.80. The second kappa shape index (κ2) is 11.3. The highest BCUT2D eigenvalue weighted by Crippen LogP contribution is 2.28. The molecule has 2 amide bonds. The van der Waals surface area contributed by atoms with Gasteiger partial charge < -0.3 is 10.6 Å². The van der Waals surface area contributed by atoms with Crippen molar-refractivity contribution in [2.45, 2.75) is 39.5 Å². The third kappa shape index (κ3) is 6.35. The van der Waals surface area contributed by atoms with Crippen molar-refractivity contribution in [3.05, 3.63) is 73.5 Å². The Hall–Kier alpha value is -3.60. The second-order valence-electron chi connectivity index (χ2n) is 8.63. The Bertz CT molecular complexity index is 1550. The quantitative estimate of drug-likeness (QED) is 0.280. The molecule has 3 heterocycles. The van der Waals surface area contributed by atoms with E-state index in [1.54, 1.807) is 25.1 Å². The van der Waals surface area contributed by atoms with Gasteiger partial charge in [-0.15, -0.1) is 5.10 Å². The summed E-state index contributed by atoms with van der Waals surface area (Å²) in [5.41, 5.74) is 1.05. The maximum atomic E-state index is 13.6. The zero-order valence-electron chi connectivity index (χ0n) is 20.6. The summed E-state index contributed by atoms with van der Waals surface area (Å²) in [4.78, 5) is 30.7. The van der Waals surface area contributed by atoms with E-state index >= 15 is 0 Å². The minimum absolute atomic E-state index is 0.0248. The second-order valence-corrected chi connectivity index (χ2v) is 10.3. The van der Waals surface area contributed by atoms with Crippen molar-refractivity contribution in [1.82, 2.24) is 40.3 Å². The molecule has 204 valence electrons. The largest absolute Gasteiger partial charge is 0.453 e. The van der Waals surface area contributed by atoms with Gasteiger partial charge in [0, 0.05) is 15.8 Å². The molecule has 0 saturated heterocycles. The van der Waals surface area contributed by atoms with Crippen LogP contribution in [0.2, 0.25) is 5.02 Å². The predicted octanol–water partition coefficient (Wildman–Crippen LogP) is 4.28. The standard InChI is InChI=1S/C23H20ClF3IN9O2/c1-11(2)30-20(38)15-8-13(28)7-12(3)18(15)31-21(39)17-9-14(10-36-22(23(25,26)27)32-34-35-36)33-37(17)19-16(24)5-4-6-29-19/h4-9,11H,10H2,1-3H3,(H,30,38)(H,31,39). The van der Waals surface area contributed by atoms with Crippen molar-refractivity contribution in [2.24, 2.45) is 0 Å². The summed E-state index contributed by atoms with van der Waals surface area (Å²) in [6, 6.07) is 7.64. The van der Waals surface area contributed by atoms with E-state index in [1.807, 2.05) is 13.8 Å². The van der Waals surface area contributed by atoms with Gasteiger partial charge >= 0.3 is 6.18 Å². The van der Waals surface area contributed by atoms with Crippen molar-refractivity contribution in [3.63, 3.8) is 0 Å². The molecule has 0 aliphatic rings. The first-order chi connectivity index (χ1) is 18.3. The van der Waals surface area contributed by atoms with E-state index < -0.39 is 24.5 Å². The summed E-state index contributed by atoms with van der Waals surface area (Å²) in [5, 5.41) is 19.5. The van der Waals surface area contributed by atoms with Gasteiger partial charge in [0.05, 0.1) is 28.5 Å². The van der Waals surface area contributed by atoms with Gasteiger partial charge in [-0.25, -0.2) is 14.3 Å². The summed E-state index contributed by atoms with van der Waals surface area (Å²) >= 11 is 8.37. The number of hydrogen-bond acceptors (Lipinski definition) is 7. The zero-order valence-corrected chi connectivity index (χ0v) is 23.5. The predicted molar refractivity (Wildman–Crippen MR) is 143 cm³/mol. The van der Waals surface area contributed by atoms with E-state index in [1.165, 1.54) is 18.3 Å². The number of benzene rings is 1. The van der Waals surface area contributed by atoms with Crippen molar-refractivity contribution in [2.75, 3.05) is 5.32 Å². The van der Waals surface area contributed by atoms with Crippen LogP contribution in [0.25, 0.3) is 5.82 Å². The van der Waals surface area contributed by atoms with Gasteiger partial charge in [0.2, 0.25) is 0 Å². The van der Waals surface area contributed by atoms with Gasteiger partial charge in [-0.2, -0.15) is 18.3 Å². The lowest BCUT2D eigenvalue weighted by molar-refractivity contribution is -0.147. The molecule has 0 bridgehead atoms. The fourth-order valence-corrected chi connectivity index (χ4v) is 4.62. The SMILES string of the molecule is Cc1cc(I)cc(C(=O)NC(C)C)c1NC(=O)c1cc(Cn2nnnc2C(F)(F)F)nn1-c1ncccc1Cl. The molecule has 39 heavy (non-hydrogen) atoms. The first-order valence-electron chi connectivity index (χ1n) is 11.3. The Labute approximate surface area is 238 Å². The highest BCUT2D eigenvalue weighted by atomic mass is 127. The molecule has 4 rings (SSSR count). The molecule has 3 aromatic heterocycles. The third-order valence-electron chi connectivity index (χ3n) is 5.23. The van der Waals surface area contributed by atoms with Crippen LogP contribution in [0.15, 0.2) is 36.5 Å². The maximum Gasteiger partial charge on any atom is 0.453 e. The number of tetrazole rings is 1. The van der Waals surface area contributed by atoms with Gasteiger partial charge in [0.15, 0.2) is 5.82 Å². The van der Waals surface area contributed by atoms with E-state index in [0.717, 1.165) is 8.25 Å². The highest BCUT2D eigenvalue weighted by Gasteiger charge is 2.38. The number of alkyl halides is 3. The molecule has 4 aromatic rings. The van der Waals surface area contributed by atoms with Gasteiger partial charge in [-0.05, 0) is 89.7 Å². The summed E-state index contributed by atoms with van der Waals surface area (Å²) in [7, 11) is 0. The first-order valence-corrected chi connectivity index (χ1v) is 12.8. The Kier molecular flexibility index (Phi) is 8.20. The molecule has 0 saturated carbocycles. The molecule has 0 spiro atoms. The van der Waals surface area contributed by atoms with Gasteiger partial charge in [-0.3, -0.25) is 9.59 Å². The lowest BCUT2D eigenvalue weighted by Gasteiger charge is -2.16. The van der Waals surface area contributed by atoms with Gasteiger partial charge in [0.1, 0.15) is 5.69 Å². The number of carbonyl (C=O) groups excluding carboxylic acids is 2. The monoisotopic (exact) mass is 673 g/mol. The van der Waals surface area contributed by atoms with E-state index in [-0.39, 0.29) is 45.4 Å². The van der Waals surface area contributed by atoms with Crippen LogP contribution in [-0.4, -0.2) is 52.8 Å². The molecular formula is C23H20ClF3IN9O2. The minimum Gasteiger partial charge on any atom is -0.350 e. The van der Waals surface area contributed by atoms with Crippen LogP contribution in [0, 0.1) is 10.5 Å². The summed E-state index contributed by atoms with van der Waals surface area (Å²) < 4.78 is 42.3. The Morgan fingerprint density at radius 1 is 1.18 bits per heavy atom. The number of amides is 2. The molecular weight excluding hydrogens is 654 g/mol. The Balaban J connectivity index is 1.77. The topological polar surface area (TPSA) is 133 Å². The molecule has 0 fully saturated rings. The molecule has 16 heteroatoms. The van der Waals surface area contributed by atoms with E-state index in [9.17, 15) is 22.8 Å². The van der Waals surface area contributed by atoms with Crippen LogP contribution in [0.1, 0.15) is 51.8 Å². The van der Waals surface area contributed by atoms with Crippen LogP contribution in [0.4, 0.5) is 18.9 Å². The number of halogens is 5. The lowest BCUT2D eigenvalue weighted by atomic mass is 10.1. The normalized spacial score (nSPS) is 11.6. The number of anilines is 1. The maximum absolute atomic E-state index is 13.6. The molecule has 0 aliphatic carbocycles. The molecule has 0 atom stereocenters. The molecule has 0 radical (unpaired) electrons. The van der Waals surface area contributed by atoms with Crippen molar-refractivity contribution < 1.29 is 22.8 Å². The fraction of sp³-hybridized carbons (Fsp3) is 0.261. The first kappa shape index (κ1) is 28.4. The third-order valence-corrected chi connectivity index (χ3v) is 6.15. The van der Waals surface area contributed by atoms with Crippen LogP contribution >= 0.6 is 34.2 Å². The van der Waals surface area contributed by atoms with Crippen molar-refractivity contribution >= 4 is 51.7 Å². The van der Waals surface area contributed by atoms with Gasteiger partial charge in [0.25, 0.3) is 17.6 Å². The van der Waals surface area contributed by atoms with Crippen LogP contribution in [0.3, 0.4) is 0 Å². The van der Waals surface area contributed by atoms with Crippen LogP contribution in [0.5, 0.6) is 0 Å². The number of pyridine rings is 1. The number of aromatic nitrogens is 7. The number of aryl methyl sites for hydroxylation is 1. The van der Waals surface area contributed by atoms with Crippen LogP contribution < -0.4 is 10.6 Å². The van der Waals surface area contributed by atoms with Crippen LogP contribution in [-0.2, 0) is 12.7 Å². The molecule has 2 N–H and O–H groups in total. The molecule has 1 aromatic carbocycles. The highest BCUT2D eigenvalue weighted by molar-refractivity contribution is 14.1. The van der Waals surface area contributed by atoms with E-state index in [4.69, 9.17) is 11.6 Å². The summed E-state index contributed by atoms with van der Waals surface area (Å²) in [5.74, 6) is -2.34. The summed E-state index contributed by atoms with van der Waals surface area (Å²) in [6.07, 6.45) is -3.38. The zero-order chi connectivity index (χ0) is 28.5. The Morgan fingerprint density at radius 3 is 2.59 bits per heavy atom. The lowest BCUT2D eigenvalue weighted by Crippen LogP contribution is -2.31. The van der Waals surface area contributed by atoms with Crippen molar-refractivity contribution in [1.29, 1.82) is 0 Å². The van der Waals surface area contributed by atoms with E-state index in [0.29, 0.717) is 10.2 Å². The molecule has 0 aliphatic heterocycles. The smallest absolute Gasteiger partial charge is 0.350 e. The van der Waals surface area contributed by atoms with Gasteiger partial charge in [-0.1, -0.05) is 11.6 Å². The fourth-order valence-electron chi connectivity index (χ4n) is 3.64.